The zero-order chi connectivity index (χ0) is 20.0. The van der Waals surface area contributed by atoms with Crippen molar-refractivity contribution < 1.29 is 43.2 Å². The molecule has 146 valence electrons. The van der Waals surface area contributed by atoms with Crippen molar-refractivity contribution >= 4 is 23.8 Å². The molecular weight excluding hydrogens is 360 g/mol. The van der Waals surface area contributed by atoms with Crippen molar-refractivity contribution in [3.05, 3.63) is 23.8 Å². The molecule has 0 amide bonds. The van der Waals surface area contributed by atoms with Crippen molar-refractivity contribution in [1.82, 2.24) is 0 Å². The SMILES string of the molecule is COc1cc(OC)c(C=CC(=O)OCC[C@H]2OC(=O)C(O)C2=O)c(OC)c1. The first-order chi connectivity index (χ1) is 12.9. The van der Waals surface area contributed by atoms with Crippen LogP contribution < -0.4 is 14.2 Å². The summed E-state index contributed by atoms with van der Waals surface area (Å²) in [4.78, 5) is 34.4. The summed E-state index contributed by atoms with van der Waals surface area (Å²) in [5.41, 5.74) is 0.515. The predicted molar refractivity (Wildman–Crippen MR) is 91.6 cm³/mol. The topological polar surface area (TPSA) is 118 Å². The number of cyclic esters (lactones) is 1. The Kier molecular flexibility index (Phi) is 6.78. The number of esters is 2. The lowest BCUT2D eigenvalue weighted by Gasteiger charge is -2.12. The quantitative estimate of drug-likeness (QED) is 0.391. The summed E-state index contributed by atoms with van der Waals surface area (Å²) < 4.78 is 25.4. The molecule has 1 heterocycles. The Hall–Kier alpha value is -3.07. The average Bonchev–Trinajstić information content (AvgIpc) is 2.92. The van der Waals surface area contributed by atoms with Crippen molar-refractivity contribution in [2.75, 3.05) is 27.9 Å². The molecule has 2 rings (SSSR count). The Morgan fingerprint density at radius 1 is 1.15 bits per heavy atom. The summed E-state index contributed by atoms with van der Waals surface area (Å²) in [5, 5.41) is 9.22. The fourth-order valence-corrected chi connectivity index (χ4v) is 2.42. The van der Waals surface area contributed by atoms with Gasteiger partial charge in [0.25, 0.3) is 0 Å². The molecule has 9 heteroatoms. The number of ketones is 1. The highest BCUT2D eigenvalue weighted by Crippen LogP contribution is 2.35. The highest BCUT2D eigenvalue weighted by molar-refractivity contribution is 6.08. The summed E-state index contributed by atoms with van der Waals surface area (Å²) >= 11 is 0. The zero-order valence-electron chi connectivity index (χ0n) is 15.1. The fourth-order valence-electron chi connectivity index (χ4n) is 2.42. The van der Waals surface area contributed by atoms with E-state index < -0.39 is 29.9 Å². The van der Waals surface area contributed by atoms with Gasteiger partial charge in [-0.2, -0.15) is 0 Å². The van der Waals surface area contributed by atoms with Crippen molar-refractivity contribution in [3.8, 4) is 17.2 Å². The minimum atomic E-state index is -1.76. The van der Waals surface area contributed by atoms with Crippen LogP contribution in [0.3, 0.4) is 0 Å². The highest BCUT2D eigenvalue weighted by atomic mass is 16.6. The Bertz CT molecular complexity index is 728. The number of hydrogen-bond donors (Lipinski definition) is 1. The molecule has 1 N–H and O–H groups in total. The third kappa shape index (κ3) is 4.76. The van der Waals surface area contributed by atoms with E-state index in [9.17, 15) is 19.5 Å². The van der Waals surface area contributed by atoms with Crippen molar-refractivity contribution in [2.24, 2.45) is 0 Å². The number of ether oxygens (including phenoxy) is 5. The van der Waals surface area contributed by atoms with Gasteiger partial charge in [0.1, 0.15) is 17.2 Å². The number of hydrogen-bond acceptors (Lipinski definition) is 9. The van der Waals surface area contributed by atoms with Crippen LogP contribution in [0, 0.1) is 0 Å². The van der Waals surface area contributed by atoms with Gasteiger partial charge in [0.2, 0.25) is 11.9 Å². The third-order valence-corrected chi connectivity index (χ3v) is 3.83. The van der Waals surface area contributed by atoms with Crippen LogP contribution in [-0.4, -0.2) is 63.0 Å². The Labute approximate surface area is 155 Å². The number of aliphatic hydroxyl groups excluding tert-OH is 1. The van der Waals surface area contributed by atoms with Crippen LogP contribution in [0.5, 0.6) is 17.2 Å². The van der Waals surface area contributed by atoms with Crippen LogP contribution in [-0.2, 0) is 23.9 Å². The average molecular weight is 380 g/mol. The van der Waals surface area contributed by atoms with E-state index in [1.807, 2.05) is 0 Å². The Balaban J connectivity index is 1.97. The van der Waals surface area contributed by atoms with Gasteiger partial charge in [-0.3, -0.25) is 4.79 Å². The Morgan fingerprint density at radius 3 is 2.26 bits per heavy atom. The first kappa shape index (κ1) is 20.2. The number of carbonyl (C=O) groups is 3. The molecule has 1 saturated heterocycles. The van der Waals surface area contributed by atoms with Gasteiger partial charge in [-0.25, -0.2) is 9.59 Å². The summed E-state index contributed by atoms with van der Waals surface area (Å²) in [6.07, 6.45) is -0.267. The van der Waals surface area contributed by atoms with E-state index in [-0.39, 0.29) is 13.0 Å². The maximum absolute atomic E-state index is 11.9. The molecule has 1 aromatic rings. The van der Waals surface area contributed by atoms with Crippen LogP contribution in [0.25, 0.3) is 6.08 Å². The first-order valence-corrected chi connectivity index (χ1v) is 7.98. The predicted octanol–water partition coefficient (Wildman–Crippen LogP) is 0.514. The van der Waals surface area contributed by atoms with Gasteiger partial charge in [-0.1, -0.05) is 0 Å². The van der Waals surface area contributed by atoms with Crippen LogP contribution >= 0.6 is 0 Å². The molecule has 0 spiro atoms. The second-order valence-electron chi connectivity index (χ2n) is 5.47. The maximum Gasteiger partial charge on any atom is 0.343 e. The van der Waals surface area contributed by atoms with E-state index in [1.54, 1.807) is 12.1 Å². The molecule has 2 atom stereocenters. The normalized spacial score (nSPS) is 19.1. The van der Waals surface area contributed by atoms with Crippen molar-refractivity contribution in [2.45, 2.75) is 18.6 Å². The molecule has 1 fully saturated rings. The minimum Gasteiger partial charge on any atom is -0.496 e. The second kappa shape index (κ2) is 9.04. The molecule has 0 radical (unpaired) electrons. The van der Waals surface area contributed by atoms with Crippen molar-refractivity contribution in [3.63, 3.8) is 0 Å². The molecule has 9 nitrogen and oxygen atoms in total. The molecule has 1 aliphatic heterocycles. The Morgan fingerprint density at radius 2 is 1.78 bits per heavy atom. The molecule has 1 aliphatic rings. The lowest BCUT2D eigenvalue weighted by atomic mass is 10.1. The maximum atomic E-state index is 11.9. The molecular formula is C18H20O9. The molecule has 1 unspecified atom stereocenters. The summed E-state index contributed by atoms with van der Waals surface area (Å²) in [6.45, 7) is -0.156. The number of methoxy groups -OCH3 is 3. The van der Waals surface area contributed by atoms with Crippen LogP contribution in [0.4, 0.5) is 0 Å². The van der Waals surface area contributed by atoms with Gasteiger partial charge in [0.05, 0.1) is 33.5 Å². The molecule has 27 heavy (non-hydrogen) atoms. The fraction of sp³-hybridized carbons (Fsp3) is 0.389. The molecule has 0 saturated carbocycles. The van der Waals surface area contributed by atoms with E-state index in [2.05, 4.69) is 4.74 Å². The van der Waals surface area contributed by atoms with Crippen LogP contribution in [0.2, 0.25) is 0 Å². The zero-order valence-corrected chi connectivity index (χ0v) is 15.1. The van der Waals surface area contributed by atoms with Gasteiger partial charge in [0.15, 0.2) is 6.10 Å². The number of carbonyl (C=O) groups excluding carboxylic acids is 3. The molecule has 1 aromatic carbocycles. The van der Waals surface area contributed by atoms with E-state index >= 15 is 0 Å². The number of aliphatic hydroxyl groups is 1. The third-order valence-electron chi connectivity index (χ3n) is 3.83. The van der Waals surface area contributed by atoms with E-state index in [1.165, 1.54) is 33.5 Å². The standard InChI is InChI=1S/C18H20O9/c1-23-10-8-13(24-2)11(14(9-10)25-3)4-5-15(19)26-7-6-12-16(20)17(21)18(22)27-12/h4-5,8-9,12,17,21H,6-7H2,1-3H3/t12-,17?/m1/s1. The van der Waals surface area contributed by atoms with Gasteiger partial charge in [-0.05, 0) is 6.08 Å². The van der Waals surface area contributed by atoms with E-state index in [0.717, 1.165) is 0 Å². The minimum absolute atomic E-state index is 0.0314. The summed E-state index contributed by atoms with van der Waals surface area (Å²) in [6, 6.07) is 3.28. The van der Waals surface area contributed by atoms with Crippen LogP contribution in [0.15, 0.2) is 18.2 Å². The smallest absolute Gasteiger partial charge is 0.343 e. The molecule has 0 bridgehead atoms. The largest absolute Gasteiger partial charge is 0.496 e. The number of benzene rings is 1. The van der Waals surface area contributed by atoms with Crippen molar-refractivity contribution in [1.29, 1.82) is 0 Å². The first-order valence-electron chi connectivity index (χ1n) is 7.98. The van der Waals surface area contributed by atoms with Gasteiger partial charge in [-0.15, -0.1) is 0 Å². The number of rotatable bonds is 8. The van der Waals surface area contributed by atoms with Crippen LogP contribution in [0.1, 0.15) is 12.0 Å². The van der Waals surface area contributed by atoms with E-state index in [4.69, 9.17) is 18.9 Å². The van der Waals surface area contributed by atoms with Gasteiger partial charge in [0, 0.05) is 24.6 Å². The summed E-state index contributed by atoms with van der Waals surface area (Å²) in [7, 11) is 4.45. The second-order valence-corrected chi connectivity index (χ2v) is 5.47. The monoisotopic (exact) mass is 380 g/mol. The highest BCUT2D eigenvalue weighted by Gasteiger charge is 2.41. The lowest BCUT2D eigenvalue weighted by Crippen LogP contribution is -2.26. The molecule has 0 aliphatic carbocycles. The van der Waals surface area contributed by atoms with Gasteiger partial charge < -0.3 is 28.8 Å². The lowest BCUT2D eigenvalue weighted by molar-refractivity contribution is -0.148. The van der Waals surface area contributed by atoms with E-state index in [0.29, 0.717) is 22.8 Å². The number of Topliss-reactive ketones (excluding diaryl/α,β-unsaturated/α-hetero) is 1. The van der Waals surface area contributed by atoms with Gasteiger partial charge >= 0.3 is 11.9 Å². The molecule has 0 aromatic heterocycles. The summed E-state index contributed by atoms with van der Waals surface area (Å²) in [5.74, 6) is -0.997.